The number of esters is 1. The SMILES string of the molecule is COC(=O)c1sc(NC2CCOC3(CCCC3)C2)nc1Cl. The number of nitrogens with one attached hydrogen (secondary N) is 1. The molecule has 1 saturated carbocycles. The van der Waals surface area contributed by atoms with E-state index in [2.05, 4.69) is 10.3 Å². The summed E-state index contributed by atoms with van der Waals surface area (Å²) >= 11 is 7.24. The van der Waals surface area contributed by atoms with E-state index in [1.165, 1.54) is 31.3 Å². The molecular formula is C14H19ClN2O3S. The Labute approximate surface area is 133 Å². The molecule has 1 spiro atoms. The number of aromatic nitrogens is 1. The van der Waals surface area contributed by atoms with E-state index < -0.39 is 5.97 Å². The average molecular weight is 331 g/mol. The maximum atomic E-state index is 11.6. The third-order valence-corrected chi connectivity index (χ3v) is 5.64. The van der Waals surface area contributed by atoms with Gasteiger partial charge in [0.15, 0.2) is 15.2 Å². The number of anilines is 1. The summed E-state index contributed by atoms with van der Waals surface area (Å²) in [6.45, 7) is 0.778. The molecule has 1 unspecified atom stereocenters. The fourth-order valence-electron chi connectivity index (χ4n) is 3.28. The molecule has 1 saturated heterocycles. The summed E-state index contributed by atoms with van der Waals surface area (Å²) in [5.41, 5.74) is 0.0577. The fourth-order valence-corrected chi connectivity index (χ4v) is 4.46. The molecule has 1 N–H and O–H groups in total. The molecule has 1 aromatic heterocycles. The molecule has 2 fully saturated rings. The van der Waals surface area contributed by atoms with E-state index in [-0.39, 0.29) is 10.8 Å². The highest BCUT2D eigenvalue weighted by Crippen LogP contribution is 2.41. The second kappa shape index (κ2) is 6.10. The normalized spacial score (nSPS) is 24.2. The molecular weight excluding hydrogens is 312 g/mol. The van der Waals surface area contributed by atoms with Crippen LogP contribution in [0.15, 0.2) is 0 Å². The van der Waals surface area contributed by atoms with Gasteiger partial charge in [0.05, 0.1) is 12.7 Å². The molecule has 21 heavy (non-hydrogen) atoms. The van der Waals surface area contributed by atoms with E-state index in [0.717, 1.165) is 32.3 Å². The van der Waals surface area contributed by atoms with Crippen LogP contribution in [0, 0.1) is 0 Å². The maximum absolute atomic E-state index is 11.6. The Morgan fingerprint density at radius 3 is 3.00 bits per heavy atom. The van der Waals surface area contributed by atoms with E-state index in [1.54, 1.807) is 0 Å². The van der Waals surface area contributed by atoms with Gasteiger partial charge in [0.2, 0.25) is 0 Å². The number of thiazole rings is 1. The number of carbonyl (C=O) groups excluding carboxylic acids is 1. The number of methoxy groups -OCH3 is 1. The number of carbonyl (C=O) groups is 1. The summed E-state index contributed by atoms with van der Waals surface area (Å²) in [6.07, 6.45) is 6.75. The molecule has 0 radical (unpaired) electrons. The number of ether oxygens (including phenoxy) is 2. The van der Waals surface area contributed by atoms with Crippen LogP contribution in [0.3, 0.4) is 0 Å². The van der Waals surface area contributed by atoms with Gasteiger partial charge in [0.25, 0.3) is 0 Å². The zero-order chi connectivity index (χ0) is 14.9. The zero-order valence-electron chi connectivity index (χ0n) is 12.0. The summed E-state index contributed by atoms with van der Waals surface area (Å²) in [7, 11) is 1.34. The number of hydrogen-bond donors (Lipinski definition) is 1. The lowest BCUT2D eigenvalue weighted by Gasteiger charge is -2.38. The molecule has 1 aliphatic heterocycles. The second-order valence-electron chi connectivity index (χ2n) is 5.70. The van der Waals surface area contributed by atoms with Gasteiger partial charge in [0.1, 0.15) is 0 Å². The molecule has 1 atom stereocenters. The number of hydrogen-bond acceptors (Lipinski definition) is 6. The van der Waals surface area contributed by atoms with Gasteiger partial charge in [-0.25, -0.2) is 9.78 Å². The van der Waals surface area contributed by atoms with Gasteiger partial charge >= 0.3 is 5.97 Å². The van der Waals surface area contributed by atoms with Crippen molar-refractivity contribution in [2.24, 2.45) is 0 Å². The van der Waals surface area contributed by atoms with Crippen LogP contribution in [-0.2, 0) is 9.47 Å². The lowest BCUT2D eigenvalue weighted by atomic mass is 9.89. The van der Waals surface area contributed by atoms with E-state index in [9.17, 15) is 4.79 Å². The highest BCUT2D eigenvalue weighted by atomic mass is 35.5. The minimum Gasteiger partial charge on any atom is -0.465 e. The van der Waals surface area contributed by atoms with Crippen LogP contribution in [0.25, 0.3) is 0 Å². The van der Waals surface area contributed by atoms with Crippen molar-refractivity contribution in [2.45, 2.75) is 50.2 Å². The Balaban J connectivity index is 1.67. The Morgan fingerprint density at radius 1 is 1.52 bits per heavy atom. The van der Waals surface area contributed by atoms with E-state index in [0.29, 0.717) is 16.1 Å². The van der Waals surface area contributed by atoms with Crippen molar-refractivity contribution >= 4 is 34.0 Å². The predicted octanol–water partition coefficient (Wildman–Crippen LogP) is 3.49. The third-order valence-electron chi connectivity index (χ3n) is 4.29. The van der Waals surface area contributed by atoms with Gasteiger partial charge in [-0.2, -0.15) is 0 Å². The molecule has 0 amide bonds. The summed E-state index contributed by atoms with van der Waals surface area (Å²) in [6, 6.07) is 0.324. The van der Waals surface area contributed by atoms with Gasteiger partial charge in [0, 0.05) is 12.6 Å². The molecule has 0 bridgehead atoms. The Kier molecular flexibility index (Phi) is 4.38. The first-order valence-corrected chi connectivity index (χ1v) is 8.46. The van der Waals surface area contributed by atoms with E-state index in [4.69, 9.17) is 21.1 Å². The Bertz CT molecular complexity index is 528. The fraction of sp³-hybridized carbons (Fsp3) is 0.714. The quantitative estimate of drug-likeness (QED) is 0.860. The molecule has 1 aromatic rings. The van der Waals surface area contributed by atoms with Crippen LogP contribution in [0.5, 0.6) is 0 Å². The average Bonchev–Trinajstić information content (AvgIpc) is 3.05. The minimum absolute atomic E-state index is 0.0577. The van der Waals surface area contributed by atoms with Crippen LogP contribution < -0.4 is 5.32 Å². The predicted molar refractivity (Wildman–Crippen MR) is 82.3 cm³/mol. The molecule has 2 heterocycles. The Hall–Kier alpha value is -0.850. The summed E-state index contributed by atoms with van der Waals surface area (Å²) in [5, 5.41) is 4.29. The molecule has 0 aromatic carbocycles. The molecule has 1 aliphatic carbocycles. The van der Waals surface area contributed by atoms with Gasteiger partial charge in [-0.1, -0.05) is 35.8 Å². The first kappa shape index (κ1) is 15.1. The second-order valence-corrected chi connectivity index (χ2v) is 7.06. The molecule has 5 nitrogen and oxygen atoms in total. The number of rotatable bonds is 3. The number of halogens is 1. The maximum Gasteiger partial charge on any atom is 0.351 e. The highest BCUT2D eigenvalue weighted by Gasteiger charge is 2.40. The van der Waals surface area contributed by atoms with Gasteiger partial charge in [-0.15, -0.1) is 0 Å². The number of nitrogens with zero attached hydrogens (tertiary/aromatic N) is 1. The van der Waals surface area contributed by atoms with Crippen molar-refractivity contribution in [1.82, 2.24) is 4.98 Å². The topological polar surface area (TPSA) is 60.5 Å². The summed E-state index contributed by atoms with van der Waals surface area (Å²) in [5.74, 6) is -0.440. The standard InChI is InChI=1S/C14H19ClN2O3S/c1-19-12(18)10-11(15)17-13(21-10)16-9-4-7-20-14(8-9)5-2-3-6-14/h9H,2-8H2,1H3,(H,16,17). The monoisotopic (exact) mass is 330 g/mol. The lowest BCUT2D eigenvalue weighted by Crippen LogP contribution is -2.42. The van der Waals surface area contributed by atoms with E-state index in [1.807, 2.05) is 0 Å². The minimum atomic E-state index is -0.440. The lowest BCUT2D eigenvalue weighted by molar-refractivity contribution is -0.0767. The zero-order valence-corrected chi connectivity index (χ0v) is 13.6. The van der Waals surface area contributed by atoms with Crippen molar-refractivity contribution in [3.8, 4) is 0 Å². The molecule has 7 heteroatoms. The van der Waals surface area contributed by atoms with Crippen LogP contribution >= 0.6 is 22.9 Å². The largest absolute Gasteiger partial charge is 0.465 e. The third kappa shape index (κ3) is 3.17. The molecule has 2 aliphatic rings. The van der Waals surface area contributed by atoms with E-state index >= 15 is 0 Å². The highest BCUT2D eigenvalue weighted by molar-refractivity contribution is 7.18. The van der Waals surface area contributed by atoms with Gasteiger partial charge in [-0.3, -0.25) is 0 Å². The van der Waals surface area contributed by atoms with Crippen LogP contribution in [0.4, 0.5) is 5.13 Å². The summed E-state index contributed by atoms with van der Waals surface area (Å²) < 4.78 is 10.7. The van der Waals surface area contributed by atoms with Crippen molar-refractivity contribution in [2.75, 3.05) is 19.0 Å². The molecule has 116 valence electrons. The first-order valence-electron chi connectivity index (χ1n) is 7.27. The van der Waals surface area contributed by atoms with Crippen LogP contribution in [0.2, 0.25) is 5.15 Å². The van der Waals surface area contributed by atoms with Crippen molar-refractivity contribution < 1.29 is 14.3 Å². The van der Waals surface area contributed by atoms with Gasteiger partial charge < -0.3 is 14.8 Å². The van der Waals surface area contributed by atoms with Crippen LogP contribution in [-0.4, -0.2) is 36.3 Å². The summed E-state index contributed by atoms with van der Waals surface area (Å²) in [4.78, 5) is 16.1. The molecule has 3 rings (SSSR count). The van der Waals surface area contributed by atoms with Crippen molar-refractivity contribution in [3.63, 3.8) is 0 Å². The Morgan fingerprint density at radius 2 is 2.29 bits per heavy atom. The van der Waals surface area contributed by atoms with Crippen LogP contribution in [0.1, 0.15) is 48.2 Å². The van der Waals surface area contributed by atoms with Gasteiger partial charge in [-0.05, 0) is 25.7 Å². The smallest absolute Gasteiger partial charge is 0.351 e. The first-order chi connectivity index (χ1) is 10.1. The van der Waals surface area contributed by atoms with Crippen molar-refractivity contribution in [1.29, 1.82) is 0 Å². The van der Waals surface area contributed by atoms with Crippen molar-refractivity contribution in [3.05, 3.63) is 10.0 Å².